The summed E-state index contributed by atoms with van der Waals surface area (Å²) in [6.07, 6.45) is 5.49. The summed E-state index contributed by atoms with van der Waals surface area (Å²) in [5.41, 5.74) is 5.06. The van der Waals surface area contributed by atoms with Gasteiger partial charge in [0.25, 0.3) is 0 Å². The van der Waals surface area contributed by atoms with Gasteiger partial charge in [-0.1, -0.05) is 26.2 Å². The van der Waals surface area contributed by atoms with Crippen molar-refractivity contribution >= 4 is 5.91 Å². The summed E-state index contributed by atoms with van der Waals surface area (Å²) in [5, 5.41) is 11.5. The molecule has 2 fully saturated rings. The molecule has 0 heterocycles. The van der Waals surface area contributed by atoms with E-state index in [9.17, 15) is 4.79 Å². The van der Waals surface area contributed by atoms with E-state index in [0.717, 1.165) is 18.8 Å². The zero-order valence-corrected chi connectivity index (χ0v) is 9.41. The lowest BCUT2D eigenvalue weighted by atomic mass is 9.88. The highest BCUT2D eigenvalue weighted by Crippen LogP contribution is 2.24. The second-order valence-corrected chi connectivity index (χ2v) is 4.57. The molecule has 0 aromatic rings. The van der Waals surface area contributed by atoms with E-state index in [2.05, 4.69) is 12.2 Å². The molecule has 4 N–H and O–H groups in total. The number of carbonyl (C=O) groups excluding carboxylic acids is 1. The quantitative estimate of drug-likeness (QED) is 0.636. The lowest BCUT2D eigenvalue weighted by Gasteiger charge is -2.18. The molecule has 88 valence electrons. The van der Waals surface area contributed by atoms with Gasteiger partial charge in [-0.3, -0.25) is 4.79 Å². The third-order valence-corrected chi connectivity index (χ3v) is 2.84. The van der Waals surface area contributed by atoms with Gasteiger partial charge >= 0.3 is 0 Å². The van der Waals surface area contributed by atoms with Crippen LogP contribution in [0.3, 0.4) is 0 Å². The highest BCUT2D eigenvalue weighted by Gasteiger charge is 2.25. The monoisotopic (exact) mass is 214 g/mol. The SMILES string of the molecule is CC1CCC1.NCC(O)C(=O)NC1CC1. The second kappa shape index (κ2) is 6.08. The molecule has 1 unspecified atom stereocenters. The third-order valence-electron chi connectivity index (χ3n) is 2.84. The van der Waals surface area contributed by atoms with Crippen molar-refractivity contribution in [2.24, 2.45) is 11.7 Å². The van der Waals surface area contributed by atoms with Crippen molar-refractivity contribution in [3.05, 3.63) is 0 Å². The first-order chi connectivity index (χ1) is 7.13. The van der Waals surface area contributed by atoms with Crippen LogP contribution in [0.5, 0.6) is 0 Å². The number of nitrogens with two attached hydrogens (primary N) is 1. The summed E-state index contributed by atoms with van der Waals surface area (Å²) in [6.45, 7) is 2.31. The topological polar surface area (TPSA) is 75.3 Å². The molecule has 0 aliphatic heterocycles. The average Bonchev–Trinajstić information content (AvgIpc) is 2.98. The van der Waals surface area contributed by atoms with Gasteiger partial charge in [-0.05, 0) is 18.8 Å². The van der Waals surface area contributed by atoms with Crippen LogP contribution in [0.1, 0.15) is 39.0 Å². The molecule has 2 saturated carbocycles. The summed E-state index contributed by atoms with van der Waals surface area (Å²) in [5.74, 6) is 0.722. The molecule has 0 spiro atoms. The van der Waals surface area contributed by atoms with Gasteiger partial charge in [-0.15, -0.1) is 0 Å². The minimum Gasteiger partial charge on any atom is -0.382 e. The Morgan fingerprint density at radius 3 is 2.27 bits per heavy atom. The van der Waals surface area contributed by atoms with Gasteiger partial charge in [0.2, 0.25) is 5.91 Å². The van der Waals surface area contributed by atoms with Crippen LogP contribution < -0.4 is 11.1 Å². The Labute approximate surface area is 91.2 Å². The molecule has 2 rings (SSSR count). The molecule has 4 nitrogen and oxygen atoms in total. The molecule has 15 heavy (non-hydrogen) atoms. The molecule has 0 radical (unpaired) electrons. The molecular formula is C11H22N2O2. The maximum atomic E-state index is 10.8. The summed E-state index contributed by atoms with van der Waals surface area (Å²) in [4.78, 5) is 10.8. The fourth-order valence-corrected chi connectivity index (χ4v) is 1.24. The van der Waals surface area contributed by atoms with Crippen molar-refractivity contribution < 1.29 is 9.90 Å². The Hall–Kier alpha value is -0.610. The molecule has 0 bridgehead atoms. The van der Waals surface area contributed by atoms with E-state index in [0.29, 0.717) is 6.04 Å². The molecule has 0 aromatic carbocycles. The number of nitrogens with one attached hydrogen (secondary N) is 1. The van der Waals surface area contributed by atoms with Gasteiger partial charge < -0.3 is 16.2 Å². The van der Waals surface area contributed by atoms with Crippen molar-refractivity contribution in [1.82, 2.24) is 5.32 Å². The summed E-state index contributed by atoms with van der Waals surface area (Å²) in [7, 11) is 0. The van der Waals surface area contributed by atoms with Crippen LogP contribution >= 0.6 is 0 Å². The lowest BCUT2D eigenvalue weighted by Crippen LogP contribution is -2.40. The van der Waals surface area contributed by atoms with Crippen molar-refractivity contribution in [1.29, 1.82) is 0 Å². The van der Waals surface area contributed by atoms with Crippen LogP contribution in [-0.2, 0) is 4.79 Å². The highest BCUT2D eigenvalue weighted by molar-refractivity contribution is 5.81. The van der Waals surface area contributed by atoms with E-state index in [4.69, 9.17) is 10.8 Å². The Bertz CT molecular complexity index is 201. The Balaban J connectivity index is 0.000000187. The first kappa shape index (κ1) is 12.5. The first-order valence-corrected chi connectivity index (χ1v) is 5.82. The van der Waals surface area contributed by atoms with Crippen LogP contribution in [0.4, 0.5) is 0 Å². The zero-order chi connectivity index (χ0) is 11.3. The van der Waals surface area contributed by atoms with Crippen molar-refractivity contribution in [2.45, 2.75) is 51.2 Å². The predicted octanol–water partition coefficient (Wildman–Crippen LogP) is 0.391. The smallest absolute Gasteiger partial charge is 0.250 e. The average molecular weight is 214 g/mol. The molecule has 2 aliphatic carbocycles. The summed E-state index contributed by atoms with van der Waals surface area (Å²) >= 11 is 0. The largest absolute Gasteiger partial charge is 0.382 e. The van der Waals surface area contributed by atoms with Crippen LogP contribution in [0, 0.1) is 5.92 Å². The second-order valence-electron chi connectivity index (χ2n) is 4.57. The highest BCUT2D eigenvalue weighted by atomic mass is 16.3. The third kappa shape index (κ3) is 5.14. The van der Waals surface area contributed by atoms with Gasteiger partial charge in [0, 0.05) is 12.6 Å². The molecule has 2 aliphatic rings. The number of carbonyl (C=O) groups is 1. The number of aliphatic hydroxyl groups excluding tert-OH is 1. The molecule has 0 saturated heterocycles. The fraction of sp³-hybridized carbons (Fsp3) is 0.909. The molecule has 4 heteroatoms. The van der Waals surface area contributed by atoms with E-state index in [-0.39, 0.29) is 12.5 Å². The molecule has 1 amide bonds. The Morgan fingerprint density at radius 1 is 1.47 bits per heavy atom. The van der Waals surface area contributed by atoms with Crippen molar-refractivity contribution in [3.8, 4) is 0 Å². The maximum absolute atomic E-state index is 10.8. The van der Waals surface area contributed by atoms with Gasteiger partial charge in [-0.2, -0.15) is 0 Å². The van der Waals surface area contributed by atoms with Crippen LogP contribution in [-0.4, -0.2) is 29.7 Å². The van der Waals surface area contributed by atoms with E-state index in [1.165, 1.54) is 19.3 Å². The number of hydrogen-bond donors (Lipinski definition) is 3. The minimum atomic E-state index is -1.03. The van der Waals surface area contributed by atoms with Crippen LogP contribution in [0.2, 0.25) is 0 Å². The van der Waals surface area contributed by atoms with E-state index in [1.54, 1.807) is 0 Å². The fourth-order valence-electron chi connectivity index (χ4n) is 1.24. The predicted molar refractivity (Wildman–Crippen MR) is 59.2 cm³/mol. The minimum absolute atomic E-state index is 0.00144. The van der Waals surface area contributed by atoms with Crippen LogP contribution in [0.15, 0.2) is 0 Å². The lowest BCUT2D eigenvalue weighted by molar-refractivity contribution is -0.128. The van der Waals surface area contributed by atoms with E-state index >= 15 is 0 Å². The van der Waals surface area contributed by atoms with E-state index in [1.807, 2.05) is 0 Å². The van der Waals surface area contributed by atoms with Crippen molar-refractivity contribution in [2.75, 3.05) is 6.54 Å². The molecule has 0 aromatic heterocycles. The number of rotatable bonds is 3. The standard InChI is InChI=1S/C6H12N2O2.C5H10/c7-3-5(9)6(10)8-4-1-2-4;1-5-3-2-4-5/h4-5,9H,1-3,7H2,(H,8,10);5H,2-4H2,1H3. The maximum Gasteiger partial charge on any atom is 0.250 e. The van der Waals surface area contributed by atoms with Crippen LogP contribution in [0.25, 0.3) is 0 Å². The van der Waals surface area contributed by atoms with E-state index < -0.39 is 6.10 Å². The van der Waals surface area contributed by atoms with Gasteiger partial charge in [-0.25, -0.2) is 0 Å². The summed E-state index contributed by atoms with van der Waals surface area (Å²) < 4.78 is 0. The number of hydrogen-bond acceptors (Lipinski definition) is 3. The zero-order valence-electron chi connectivity index (χ0n) is 9.41. The Morgan fingerprint density at radius 2 is 2.00 bits per heavy atom. The van der Waals surface area contributed by atoms with Gasteiger partial charge in [0.1, 0.15) is 6.10 Å². The molecule has 1 atom stereocenters. The summed E-state index contributed by atoms with van der Waals surface area (Å²) in [6, 6.07) is 0.300. The number of amides is 1. The van der Waals surface area contributed by atoms with Gasteiger partial charge in [0.05, 0.1) is 0 Å². The van der Waals surface area contributed by atoms with Gasteiger partial charge in [0.15, 0.2) is 0 Å². The Kier molecular flexibility index (Phi) is 5.05. The number of aliphatic hydroxyl groups is 1. The van der Waals surface area contributed by atoms with Crippen molar-refractivity contribution in [3.63, 3.8) is 0 Å². The normalized spacial score (nSPS) is 22.1. The first-order valence-electron chi connectivity index (χ1n) is 5.82. The molecular weight excluding hydrogens is 192 g/mol.